The summed E-state index contributed by atoms with van der Waals surface area (Å²) in [4.78, 5) is 28.8. The summed E-state index contributed by atoms with van der Waals surface area (Å²) in [7, 11) is 0. The zero-order valence-electron chi connectivity index (χ0n) is 16.3. The van der Waals surface area contributed by atoms with E-state index >= 15 is 0 Å². The highest BCUT2D eigenvalue weighted by molar-refractivity contribution is 7.13. The molecule has 0 unspecified atom stereocenters. The van der Waals surface area contributed by atoms with Gasteiger partial charge < -0.3 is 10.1 Å². The van der Waals surface area contributed by atoms with Crippen LogP contribution in [0.5, 0.6) is 0 Å². The number of esters is 1. The van der Waals surface area contributed by atoms with Gasteiger partial charge in [0, 0.05) is 16.6 Å². The normalized spacial score (nSPS) is 11.9. The molecule has 0 bridgehead atoms. The number of hydrogen-bond acceptors (Lipinski definition) is 5. The molecule has 1 N–H and O–H groups in total. The first kappa shape index (κ1) is 20.7. The van der Waals surface area contributed by atoms with Crippen LogP contribution in [0.25, 0.3) is 10.6 Å². The fourth-order valence-corrected chi connectivity index (χ4v) is 3.36. The van der Waals surface area contributed by atoms with Gasteiger partial charge in [-0.05, 0) is 54.8 Å². The van der Waals surface area contributed by atoms with E-state index in [9.17, 15) is 14.0 Å². The molecule has 7 heteroatoms. The number of ether oxygens (including phenoxy) is 1. The second-order valence-electron chi connectivity index (χ2n) is 6.86. The van der Waals surface area contributed by atoms with E-state index in [1.54, 1.807) is 17.5 Å². The number of hydrogen-bond donors (Lipinski definition) is 1. The van der Waals surface area contributed by atoms with E-state index in [4.69, 9.17) is 4.74 Å². The van der Waals surface area contributed by atoms with Gasteiger partial charge >= 0.3 is 5.97 Å². The van der Waals surface area contributed by atoms with Crippen LogP contribution < -0.4 is 5.32 Å². The lowest BCUT2D eigenvalue weighted by atomic mass is 10.0. The van der Waals surface area contributed by atoms with Crippen LogP contribution in [0.3, 0.4) is 0 Å². The number of nitrogens with one attached hydrogen (secondary N) is 1. The van der Waals surface area contributed by atoms with E-state index in [2.05, 4.69) is 24.1 Å². The van der Waals surface area contributed by atoms with E-state index in [1.807, 2.05) is 24.3 Å². The molecule has 0 aliphatic carbocycles. The van der Waals surface area contributed by atoms with Crippen LogP contribution in [0.15, 0.2) is 53.9 Å². The number of halogens is 1. The van der Waals surface area contributed by atoms with Crippen molar-refractivity contribution in [3.05, 3.63) is 71.0 Å². The molecule has 3 aromatic rings. The Morgan fingerprint density at radius 2 is 1.69 bits per heavy atom. The average molecular weight is 412 g/mol. The first-order chi connectivity index (χ1) is 13.8. The maximum Gasteiger partial charge on any atom is 0.358 e. The third-order valence-electron chi connectivity index (χ3n) is 4.30. The summed E-state index contributed by atoms with van der Waals surface area (Å²) in [6, 6.07) is 13.4. The largest absolute Gasteiger partial charge is 0.448 e. The lowest BCUT2D eigenvalue weighted by Crippen LogP contribution is -2.30. The quantitative estimate of drug-likeness (QED) is 0.561. The molecule has 1 aromatic heterocycles. The molecule has 29 heavy (non-hydrogen) atoms. The van der Waals surface area contributed by atoms with Crippen molar-refractivity contribution in [1.82, 2.24) is 4.98 Å². The zero-order chi connectivity index (χ0) is 21.0. The lowest BCUT2D eigenvalue weighted by molar-refractivity contribution is -0.123. The predicted molar refractivity (Wildman–Crippen MR) is 112 cm³/mol. The van der Waals surface area contributed by atoms with Gasteiger partial charge in [0.25, 0.3) is 5.91 Å². The van der Waals surface area contributed by atoms with Gasteiger partial charge in [-0.1, -0.05) is 26.0 Å². The summed E-state index contributed by atoms with van der Waals surface area (Å²) < 4.78 is 18.3. The number of rotatable bonds is 6. The molecular weight excluding hydrogens is 391 g/mol. The Morgan fingerprint density at radius 3 is 2.31 bits per heavy atom. The fourth-order valence-electron chi connectivity index (χ4n) is 2.56. The molecule has 0 aliphatic rings. The number of nitrogens with zero attached hydrogens (tertiary/aromatic N) is 1. The summed E-state index contributed by atoms with van der Waals surface area (Å²) in [5.74, 6) is -1.06. The minimum Gasteiger partial charge on any atom is -0.448 e. The van der Waals surface area contributed by atoms with Crippen molar-refractivity contribution in [2.75, 3.05) is 5.32 Å². The van der Waals surface area contributed by atoms with Crippen LogP contribution in [-0.2, 0) is 9.53 Å². The van der Waals surface area contributed by atoms with Gasteiger partial charge in [0.2, 0.25) is 0 Å². The van der Waals surface area contributed by atoms with Crippen molar-refractivity contribution < 1.29 is 18.7 Å². The topological polar surface area (TPSA) is 68.3 Å². The highest BCUT2D eigenvalue weighted by atomic mass is 32.1. The predicted octanol–water partition coefficient (Wildman–Crippen LogP) is 5.26. The van der Waals surface area contributed by atoms with Gasteiger partial charge in [-0.2, -0.15) is 0 Å². The summed E-state index contributed by atoms with van der Waals surface area (Å²) in [6.07, 6.45) is -0.983. The van der Waals surface area contributed by atoms with E-state index in [0.29, 0.717) is 22.2 Å². The molecule has 1 atom stereocenters. The summed E-state index contributed by atoms with van der Waals surface area (Å²) >= 11 is 1.24. The second-order valence-corrected chi connectivity index (χ2v) is 7.72. The Morgan fingerprint density at radius 1 is 1.03 bits per heavy atom. The molecule has 0 saturated carbocycles. The molecule has 1 heterocycles. The molecule has 0 aliphatic heterocycles. The van der Waals surface area contributed by atoms with E-state index in [1.165, 1.54) is 36.0 Å². The Bertz CT molecular complexity index is 998. The van der Waals surface area contributed by atoms with Crippen LogP contribution in [-0.4, -0.2) is 23.0 Å². The molecule has 0 saturated heterocycles. The molecule has 150 valence electrons. The average Bonchev–Trinajstić information content (AvgIpc) is 3.19. The molecule has 2 aromatic carbocycles. The number of amides is 1. The molecule has 0 fully saturated rings. The van der Waals surface area contributed by atoms with Crippen LogP contribution in [0.1, 0.15) is 42.7 Å². The first-order valence-electron chi connectivity index (χ1n) is 9.16. The lowest BCUT2D eigenvalue weighted by Gasteiger charge is -2.13. The van der Waals surface area contributed by atoms with Crippen LogP contribution in [0.4, 0.5) is 10.1 Å². The van der Waals surface area contributed by atoms with Crippen molar-refractivity contribution in [2.24, 2.45) is 0 Å². The molecule has 0 spiro atoms. The maximum absolute atomic E-state index is 13.0. The van der Waals surface area contributed by atoms with E-state index in [-0.39, 0.29) is 11.5 Å². The summed E-state index contributed by atoms with van der Waals surface area (Å²) in [6.45, 7) is 5.69. The number of anilines is 1. The van der Waals surface area contributed by atoms with E-state index in [0.717, 1.165) is 0 Å². The van der Waals surface area contributed by atoms with Crippen molar-refractivity contribution >= 4 is 28.9 Å². The fraction of sp³-hybridized carbons (Fsp3) is 0.227. The molecular formula is C22H21FN2O3S. The molecule has 5 nitrogen and oxygen atoms in total. The Labute approximate surface area is 172 Å². The second kappa shape index (κ2) is 8.96. The van der Waals surface area contributed by atoms with Crippen LogP contribution >= 0.6 is 11.3 Å². The molecule has 3 rings (SSSR count). The Balaban J connectivity index is 1.59. The van der Waals surface area contributed by atoms with Crippen molar-refractivity contribution in [2.45, 2.75) is 32.8 Å². The first-order valence-corrected chi connectivity index (χ1v) is 10.0. The van der Waals surface area contributed by atoms with Gasteiger partial charge in [-0.3, -0.25) is 4.79 Å². The number of carbonyl (C=O) groups excluding carboxylic acids is 2. The number of thiazole rings is 1. The standard InChI is InChI=1S/C22H21FN2O3S/c1-13(2)15-6-10-18(11-7-15)24-20(26)14(3)28-22(27)19-12-29-21(25-19)16-4-8-17(23)9-5-16/h4-14H,1-3H3,(H,24,26)/t14-/m1/s1. The monoisotopic (exact) mass is 412 g/mol. The SMILES string of the molecule is CC(C)c1ccc(NC(=O)[C@@H](C)OC(=O)c2csc(-c3ccc(F)cc3)n2)cc1. The van der Waals surface area contributed by atoms with Gasteiger partial charge in [0.05, 0.1) is 0 Å². The minimum atomic E-state index is -0.983. The van der Waals surface area contributed by atoms with Gasteiger partial charge in [-0.25, -0.2) is 14.2 Å². The smallest absolute Gasteiger partial charge is 0.358 e. The third-order valence-corrected chi connectivity index (χ3v) is 5.19. The zero-order valence-corrected chi connectivity index (χ0v) is 17.1. The Kier molecular flexibility index (Phi) is 6.39. The van der Waals surface area contributed by atoms with Gasteiger partial charge in [-0.15, -0.1) is 11.3 Å². The number of benzene rings is 2. The summed E-state index contributed by atoms with van der Waals surface area (Å²) in [5.41, 5.74) is 2.61. The van der Waals surface area contributed by atoms with Crippen molar-refractivity contribution in [1.29, 1.82) is 0 Å². The number of aromatic nitrogens is 1. The van der Waals surface area contributed by atoms with Crippen LogP contribution in [0.2, 0.25) is 0 Å². The minimum absolute atomic E-state index is 0.107. The van der Waals surface area contributed by atoms with E-state index < -0.39 is 18.0 Å². The van der Waals surface area contributed by atoms with Gasteiger partial charge in [0.1, 0.15) is 10.8 Å². The molecule has 1 amide bonds. The highest BCUT2D eigenvalue weighted by Crippen LogP contribution is 2.24. The van der Waals surface area contributed by atoms with Crippen LogP contribution in [0, 0.1) is 5.82 Å². The highest BCUT2D eigenvalue weighted by Gasteiger charge is 2.21. The van der Waals surface area contributed by atoms with Crippen molar-refractivity contribution in [3.8, 4) is 10.6 Å². The number of carbonyl (C=O) groups is 2. The summed E-state index contributed by atoms with van der Waals surface area (Å²) in [5, 5.41) is 4.85. The molecule has 0 radical (unpaired) electrons. The Hall–Kier alpha value is -3.06. The van der Waals surface area contributed by atoms with Crippen molar-refractivity contribution in [3.63, 3.8) is 0 Å². The van der Waals surface area contributed by atoms with Gasteiger partial charge in [0.15, 0.2) is 11.8 Å². The third kappa shape index (κ3) is 5.26. The maximum atomic E-state index is 13.0.